The number of aromatic nitrogens is 1. The number of aliphatic hydroxyl groups is 1. The third kappa shape index (κ3) is 2.47. The largest absolute Gasteiger partial charge is 0.409 e. The zero-order chi connectivity index (χ0) is 12.3. The molecule has 1 aromatic rings. The van der Waals surface area contributed by atoms with Crippen LogP contribution in [-0.4, -0.2) is 40.8 Å². The van der Waals surface area contributed by atoms with Crippen LogP contribution in [0.4, 0.5) is 5.69 Å². The summed E-state index contributed by atoms with van der Waals surface area (Å²) in [4.78, 5) is 6.30. The lowest BCUT2D eigenvalue weighted by atomic mass is 10.1. The molecule has 92 valence electrons. The highest BCUT2D eigenvalue weighted by Crippen LogP contribution is 2.22. The molecule has 1 fully saturated rings. The van der Waals surface area contributed by atoms with E-state index < -0.39 is 0 Å². The minimum atomic E-state index is 0.00575. The molecule has 1 aliphatic rings. The first-order valence-electron chi connectivity index (χ1n) is 5.54. The van der Waals surface area contributed by atoms with Gasteiger partial charge in [-0.25, -0.2) is 0 Å². The normalized spacial score (nSPS) is 20.9. The van der Waals surface area contributed by atoms with Crippen molar-refractivity contribution in [1.29, 1.82) is 0 Å². The molecule has 1 aromatic heterocycles. The minimum absolute atomic E-state index is 0.00575. The quantitative estimate of drug-likeness (QED) is 0.297. The highest BCUT2D eigenvalue weighted by atomic mass is 16.4. The van der Waals surface area contributed by atoms with Crippen LogP contribution in [-0.2, 0) is 0 Å². The fourth-order valence-corrected chi connectivity index (χ4v) is 1.99. The Morgan fingerprint density at radius 2 is 2.41 bits per heavy atom. The first-order chi connectivity index (χ1) is 8.24. The summed E-state index contributed by atoms with van der Waals surface area (Å²) in [5.41, 5.74) is 6.88. The Bertz CT molecular complexity index is 404. The Labute approximate surface area is 99.4 Å². The molecule has 1 unspecified atom stereocenters. The zero-order valence-corrected chi connectivity index (χ0v) is 9.45. The van der Waals surface area contributed by atoms with Gasteiger partial charge in [0, 0.05) is 25.6 Å². The topological polar surface area (TPSA) is 95.0 Å². The molecular formula is C11H16N4O2. The molecule has 0 bridgehead atoms. The average molecular weight is 236 g/mol. The molecule has 2 rings (SSSR count). The van der Waals surface area contributed by atoms with Gasteiger partial charge in [0.05, 0.1) is 11.9 Å². The van der Waals surface area contributed by atoms with Crippen molar-refractivity contribution in [2.45, 2.75) is 6.42 Å². The average Bonchev–Trinajstić information content (AvgIpc) is 2.87. The standard InChI is InChI=1S/C11H16N4O2/c12-11(14-17)10-2-1-9(5-13-10)15-4-3-8(6-15)7-16/h1-2,5,8,16-17H,3-4,6-7H2,(H2,12,14). The highest BCUT2D eigenvalue weighted by molar-refractivity contribution is 5.95. The number of nitrogens with zero attached hydrogens (tertiary/aromatic N) is 3. The van der Waals surface area contributed by atoms with Crippen molar-refractivity contribution in [2.75, 3.05) is 24.6 Å². The molecule has 6 nitrogen and oxygen atoms in total. The Morgan fingerprint density at radius 3 is 2.94 bits per heavy atom. The van der Waals surface area contributed by atoms with E-state index in [0.717, 1.165) is 25.2 Å². The van der Waals surface area contributed by atoms with E-state index in [2.05, 4.69) is 15.0 Å². The molecule has 4 N–H and O–H groups in total. The van der Waals surface area contributed by atoms with Crippen LogP contribution in [0, 0.1) is 5.92 Å². The van der Waals surface area contributed by atoms with Gasteiger partial charge in [-0.1, -0.05) is 5.16 Å². The predicted octanol–water partition coefficient (Wildman–Crippen LogP) is -0.00530. The number of rotatable bonds is 3. The molecule has 0 amide bonds. The monoisotopic (exact) mass is 236 g/mol. The van der Waals surface area contributed by atoms with Gasteiger partial charge in [-0.2, -0.15) is 0 Å². The molecule has 1 atom stereocenters. The van der Waals surface area contributed by atoms with E-state index in [1.165, 1.54) is 0 Å². The second-order valence-electron chi connectivity index (χ2n) is 4.17. The second-order valence-corrected chi connectivity index (χ2v) is 4.17. The SMILES string of the molecule is N/C(=N/O)c1ccc(N2CCC(CO)C2)cn1. The smallest absolute Gasteiger partial charge is 0.188 e. The van der Waals surface area contributed by atoms with Crippen LogP contribution in [0.3, 0.4) is 0 Å². The number of nitrogens with two attached hydrogens (primary N) is 1. The molecule has 0 saturated carbocycles. The van der Waals surface area contributed by atoms with E-state index in [-0.39, 0.29) is 12.4 Å². The number of hydrogen-bond acceptors (Lipinski definition) is 5. The van der Waals surface area contributed by atoms with Crippen LogP contribution in [0.2, 0.25) is 0 Å². The number of pyridine rings is 1. The Balaban J connectivity index is 2.08. The fraction of sp³-hybridized carbons (Fsp3) is 0.455. The summed E-state index contributed by atoms with van der Waals surface area (Å²) in [6.45, 7) is 2.00. The number of aliphatic hydroxyl groups excluding tert-OH is 1. The van der Waals surface area contributed by atoms with Crippen LogP contribution in [0.25, 0.3) is 0 Å². The van der Waals surface area contributed by atoms with Gasteiger partial charge in [0.2, 0.25) is 0 Å². The maximum absolute atomic E-state index is 9.08. The van der Waals surface area contributed by atoms with Crippen LogP contribution >= 0.6 is 0 Å². The first kappa shape index (κ1) is 11.7. The van der Waals surface area contributed by atoms with Gasteiger partial charge in [0.1, 0.15) is 5.69 Å². The fourth-order valence-electron chi connectivity index (χ4n) is 1.99. The molecule has 1 saturated heterocycles. The Hall–Kier alpha value is -1.82. The van der Waals surface area contributed by atoms with Gasteiger partial charge in [-0.3, -0.25) is 4.98 Å². The molecule has 1 aliphatic heterocycles. The maximum Gasteiger partial charge on any atom is 0.188 e. The molecule has 0 aromatic carbocycles. The predicted molar refractivity (Wildman–Crippen MR) is 64.2 cm³/mol. The van der Waals surface area contributed by atoms with E-state index in [1.54, 1.807) is 12.3 Å². The lowest BCUT2D eigenvalue weighted by Crippen LogP contribution is -2.21. The van der Waals surface area contributed by atoms with Crippen molar-refractivity contribution in [2.24, 2.45) is 16.8 Å². The van der Waals surface area contributed by atoms with Crippen LogP contribution in [0.5, 0.6) is 0 Å². The number of amidine groups is 1. The van der Waals surface area contributed by atoms with Gasteiger partial charge in [-0.05, 0) is 18.6 Å². The maximum atomic E-state index is 9.08. The third-order valence-corrected chi connectivity index (χ3v) is 3.03. The summed E-state index contributed by atoms with van der Waals surface area (Å²) in [5.74, 6) is 0.352. The van der Waals surface area contributed by atoms with Gasteiger partial charge < -0.3 is 20.9 Å². The van der Waals surface area contributed by atoms with Crippen molar-refractivity contribution >= 4 is 11.5 Å². The van der Waals surface area contributed by atoms with Crippen LogP contribution < -0.4 is 10.6 Å². The molecule has 6 heteroatoms. The van der Waals surface area contributed by atoms with Crippen molar-refractivity contribution in [3.05, 3.63) is 24.0 Å². The summed E-state index contributed by atoms with van der Waals surface area (Å²) < 4.78 is 0. The molecular weight excluding hydrogens is 220 g/mol. The minimum Gasteiger partial charge on any atom is -0.409 e. The number of anilines is 1. The van der Waals surface area contributed by atoms with Crippen molar-refractivity contribution in [1.82, 2.24) is 4.98 Å². The van der Waals surface area contributed by atoms with Gasteiger partial charge in [0.25, 0.3) is 0 Å². The molecule has 17 heavy (non-hydrogen) atoms. The van der Waals surface area contributed by atoms with Gasteiger partial charge in [-0.15, -0.1) is 0 Å². The Morgan fingerprint density at radius 1 is 1.59 bits per heavy atom. The summed E-state index contributed by atoms with van der Waals surface area (Å²) in [6.07, 6.45) is 2.70. The summed E-state index contributed by atoms with van der Waals surface area (Å²) in [7, 11) is 0. The van der Waals surface area contributed by atoms with Gasteiger partial charge in [0.15, 0.2) is 5.84 Å². The van der Waals surface area contributed by atoms with Crippen LogP contribution in [0.15, 0.2) is 23.5 Å². The molecule has 0 aliphatic carbocycles. The van der Waals surface area contributed by atoms with E-state index in [4.69, 9.17) is 16.0 Å². The first-order valence-corrected chi connectivity index (χ1v) is 5.54. The Kier molecular flexibility index (Phi) is 3.43. The summed E-state index contributed by atoms with van der Waals surface area (Å²) in [5, 5.41) is 20.5. The van der Waals surface area contributed by atoms with Gasteiger partial charge >= 0.3 is 0 Å². The van der Waals surface area contributed by atoms with E-state index in [1.807, 2.05) is 6.07 Å². The van der Waals surface area contributed by atoms with E-state index in [0.29, 0.717) is 11.6 Å². The summed E-state index contributed by atoms with van der Waals surface area (Å²) >= 11 is 0. The van der Waals surface area contributed by atoms with Crippen LogP contribution in [0.1, 0.15) is 12.1 Å². The van der Waals surface area contributed by atoms with Crippen molar-refractivity contribution in [3.63, 3.8) is 0 Å². The summed E-state index contributed by atoms with van der Waals surface area (Å²) in [6, 6.07) is 3.61. The second kappa shape index (κ2) is 5.01. The molecule has 2 heterocycles. The highest BCUT2D eigenvalue weighted by Gasteiger charge is 2.22. The van der Waals surface area contributed by atoms with Crippen molar-refractivity contribution < 1.29 is 10.3 Å². The number of hydrogen-bond donors (Lipinski definition) is 3. The van der Waals surface area contributed by atoms with E-state index in [9.17, 15) is 0 Å². The number of oxime groups is 1. The van der Waals surface area contributed by atoms with E-state index >= 15 is 0 Å². The van der Waals surface area contributed by atoms with Crippen molar-refractivity contribution in [3.8, 4) is 0 Å². The third-order valence-electron chi connectivity index (χ3n) is 3.03. The lowest BCUT2D eigenvalue weighted by Gasteiger charge is -2.17. The lowest BCUT2D eigenvalue weighted by molar-refractivity contribution is 0.238. The molecule has 0 spiro atoms. The zero-order valence-electron chi connectivity index (χ0n) is 9.45. The molecule has 0 radical (unpaired) electrons.